The Balaban J connectivity index is 4.33. The van der Waals surface area contributed by atoms with Crippen LogP contribution in [0.5, 0.6) is 0 Å². The van der Waals surface area contributed by atoms with Gasteiger partial charge in [0, 0.05) is 0 Å². The van der Waals surface area contributed by atoms with Crippen molar-refractivity contribution in [2.24, 2.45) is 5.73 Å². The summed E-state index contributed by atoms with van der Waals surface area (Å²) in [5, 5.41) is 2.50. The van der Waals surface area contributed by atoms with E-state index in [1.807, 2.05) is 0 Å². The van der Waals surface area contributed by atoms with E-state index in [9.17, 15) is 9.59 Å². The molecule has 3 N–H and O–H groups in total. The zero-order valence-corrected chi connectivity index (χ0v) is 9.09. The van der Waals surface area contributed by atoms with Gasteiger partial charge in [-0.3, -0.25) is 4.79 Å². The lowest BCUT2D eigenvalue weighted by Gasteiger charge is -2.24. The summed E-state index contributed by atoms with van der Waals surface area (Å²) in [5.41, 5.74) is 4.33. The third-order valence-corrected chi connectivity index (χ3v) is 1.64. The van der Waals surface area contributed by atoms with Gasteiger partial charge in [0.15, 0.2) is 0 Å². The minimum Gasteiger partial charge on any atom is -0.464 e. The largest absolute Gasteiger partial charge is 0.464 e. The summed E-state index contributed by atoms with van der Waals surface area (Å²) in [7, 11) is 0. The molecular formula is C9H18N2O3. The maximum Gasteiger partial charge on any atom is 0.331 e. The van der Waals surface area contributed by atoms with Crippen molar-refractivity contribution in [3.63, 3.8) is 0 Å². The molecule has 1 amide bonds. The molecule has 0 heterocycles. The number of esters is 1. The zero-order valence-electron chi connectivity index (χ0n) is 9.09. The molecule has 0 aliphatic rings. The molecule has 5 heteroatoms. The Bertz CT molecular complexity index is 224. The van der Waals surface area contributed by atoms with Crippen LogP contribution in [0.2, 0.25) is 0 Å². The number of rotatable bonds is 4. The summed E-state index contributed by atoms with van der Waals surface area (Å²) in [6, 6.07) is -0.635. The third-order valence-electron chi connectivity index (χ3n) is 1.64. The van der Waals surface area contributed by atoms with Crippen LogP contribution in [0, 0.1) is 0 Å². The van der Waals surface area contributed by atoms with E-state index in [1.165, 1.54) is 0 Å². The van der Waals surface area contributed by atoms with Crippen molar-refractivity contribution >= 4 is 11.9 Å². The molecule has 0 aromatic heterocycles. The Hall–Kier alpha value is -1.10. The number of ether oxygens (including phenoxy) is 1. The summed E-state index contributed by atoms with van der Waals surface area (Å²) < 4.78 is 4.79. The molecule has 14 heavy (non-hydrogen) atoms. The minimum atomic E-state index is -1.03. The first-order chi connectivity index (χ1) is 6.31. The summed E-state index contributed by atoms with van der Waals surface area (Å²) in [5.74, 6) is -0.836. The van der Waals surface area contributed by atoms with Crippen LogP contribution in [0.15, 0.2) is 0 Å². The highest BCUT2D eigenvalue weighted by molar-refractivity contribution is 5.89. The molecule has 0 saturated heterocycles. The van der Waals surface area contributed by atoms with E-state index in [-0.39, 0.29) is 12.5 Å². The van der Waals surface area contributed by atoms with E-state index in [4.69, 9.17) is 10.5 Å². The number of hydrogen-bond donors (Lipinski definition) is 2. The first kappa shape index (κ1) is 12.9. The molecular weight excluding hydrogens is 184 g/mol. The Morgan fingerprint density at radius 2 is 2.00 bits per heavy atom. The number of amides is 1. The van der Waals surface area contributed by atoms with Gasteiger partial charge in [-0.2, -0.15) is 0 Å². The van der Waals surface area contributed by atoms with Crippen LogP contribution >= 0.6 is 0 Å². The smallest absolute Gasteiger partial charge is 0.331 e. The van der Waals surface area contributed by atoms with Gasteiger partial charge in [0.1, 0.15) is 5.54 Å². The topological polar surface area (TPSA) is 81.4 Å². The normalized spacial score (nSPS) is 13.2. The van der Waals surface area contributed by atoms with Gasteiger partial charge >= 0.3 is 5.97 Å². The zero-order chi connectivity index (χ0) is 11.4. The Morgan fingerprint density at radius 3 is 2.36 bits per heavy atom. The second-order valence-corrected chi connectivity index (χ2v) is 3.62. The Morgan fingerprint density at radius 1 is 1.50 bits per heavy atom. The van der Waals surface area contributed by atoms with Gasteiger partial charge in [0.2, 0.25) is 5.91 Å². The van der Waals surface area contributed by atoms with Crippen molar-refractivity contribution in [1.82, 2.24) is 5.32 Å². The molecule has 0 radical (unpaired) electrons. The first-order valence-corrected chi connectivity index (χ1v) is 4.56. The molecule has 1 atom stereocenters. The van der Waals surface area contributed by atoms with Gasteiger partial charge in [0.05, 0.1) is 12.6 Å². The highest BCUT2D eigenvalue weighted by atomic mass is 16.5. The van der Waals surface area contributed by atoms with Crippen molar-refractivity contribution in [2.75, 3.05) is 6.61 Å². The molecule has 0 aromatic rings. The van der Waals surface area contributed by atoms with Gasteiger partial charge in [-0.25, -0.2) is 4.79 Å². The first-order valence-electron chi connectivity index (χ1n) is 4.56. The molecule has 0 unspecified atom stereocenters. The van der Waals surface area contributed by atoms with Gasteiger partial charge < -0.3 is 15.8 Å². The lowest BCUT2D eigenvalue weighted by Crippen LogP contribution is -2.54. The van der Waals surface area contributed by atoms with Crippen molar-refractivity contribution < 1.29 is 14.3 Å². The van der Waals surface area contributed by atoms with E-state index in [2.05, 4.69) is 5.32 Å². The van der Waals surface area contributed by atoms with Crippen LogP contribution in [-0.4, -0.2) is 30.1 Å². The van der Waals surface area contributed by atoms with E-state index >= 15 is 0 Å². The predicted molar refractivity (Wildman–Crippen MR) is 52.5 cm³/mol. The highest BCUT2D eigenvalue weighted by Crippen LogP contribution is 2.05. The van der Waals surface area contributed by atoms with Crippen molar-refractivity contribution in [2.45, 2.75) is 39.3 Å². The van der Waals surface area contributed by atoms with Gasteiger partial charge in [-0.1, -0.05) is 0 Å². The Labute approximate surface area is 84.0 Å². The summed E-state index contributed by atoms with van der Waals surface area (Å²) in [6.45, 7) is 6.70. The fourth-order valence-corrected chi connectivity index (χ4v) is 0.784. The quantitative estimate of drug-likeness (QED) is 0.618. The molecule has 0 aliphatic heterocycles. The second-order valence-electron chi connectivity index (χ2n) is 3.62. The lowest BCUT2D eigenvalue weighted by molar-refractivity contribution is -0.151. The molecule has 0 spiro atoms. The van der Waals surface area contributed by atoms with Crippen LogP contribution in [0.25, 0.3) is 0 Å². The van der Waals surface area contributed by atoms with Gasteiger partial charge in [-0.05, 0) is 27.7 Å². The number of carbonyl (C=O) groups is 2. The molecule has 0 aromatic carbocycles. The molecule has 0 bridgehead atoms. The molecule has 5 nitrogen and oxygen atoms in total. The maximum atomic E-state index is 11.3. The number of hydrogen-bond acceptors (Lipinski definition) is 4. The van der Waals surface area contributed by atoms with Crippen molar-refractivity contribution in [3.05, 3.63) is 0 Å². The number of nitrogens with two attached hydrogens (primary N) is 1. The predicted octanol–water partition coefficient (Wildman–Crippen LogP) is -0.208. The van der Waals surface area contributed by atoms with Crippen LogP contribution in [0.4, 0.5) is 0 Å². The van der Waals surface area contributed by atoms with Crippen LogP contribution in [-0.2, 0) is 14.3 Å². The van der Waals surface area contributed by atoms with Crippen molar-refractivity contribution in [1.29, 1.82) is 0 Å². The van der Waals surface area contributed by atoms with E-state index < -0.39 is 17.6 Å². The van der Waals surface area contributed by atoms with Crippen LogP contribution < -0.4 is 11.1 Å². The molecule has 0 aliphatic carbocycles. The van der Waals surface area contributed by atoms with Crippen molar-refractivity contribution in [3.8, 4) is 0 Å². The monoisotopic (exact) mass is 202 g/mol. The molecule has 0 rings (SSSR count). The third kappa shape index (κ3) is 3.74. The summed E-state index contributed by atoms with van der Waals surface area (Å²) in [6.07, 6.45) is 0. The van der Waals surface area contributed by atoms with E-state index in [1.54, 1.807) is 27.7 Å². The second kappa shape index (κ2) is 4.95. The fourth-order valence-electron chi connectivity index (χ4n) is 0.784. The summed E-state index contributed by atoms with van der Waals surface area (Å²) >= 11 is 0. The molecule has 0 saturated carbocycles. The lowest BCUT2D eigenvalue weighted by atomic mass is 10.1. The average molecular weight is 202 g/mol. The standard InChI is InChI=1S/C9H18N2O3/c1-5-14-8(13)9(3,4)11-7(12)6(2)10/h6H,5,10H2,1-4H3,(H,11,12)/t6-/m0/s1. The summed E-state index contributed by atoms with van der Waals surface area (Å²) in [4.78, 5) is 22.6. The average Bonchev–Trinajstić information content (AvgIpc) is 2.03. The van der Waals surface area contributed by atoms with E-state index in [0.29, 0.717) is 0 Å². The number of carbonyl (C=O) groups excluding carboxylic acids is 2. The Kier molecular flexibility index (Phi) is 4.56. The van der Waals surface area contributed by atoms with E-state index in [0.717, 1.165) is 0 Å². The number of nitrogens with one attached hydrogen (secondary N) is 1. The fraction of sp³-hybridized carbons (Fsp3) is 0.778. The molecule has 0 fully saturated rings. The SMILES string of the molecule is CCOC(=O)C(C)(C)NC(=O)[C@H](C)N. The van der Waals surface area contributed by atoms with Crippen LogP contribution in [0.3, 0.4) is 0 Å². The van der Waals surface area contributed by atoms with Gasteiger partial charge in [-0.15, -0.1) is 0 Å². The minimum absolute atomic E-state index is 0.288. The highest BCUT2D eigenvalue weighted by Gasteiger charge is 2.31. The van der Waals surface area contributed by atoms with Gasteiger partial charge in [0.25, 0.3) is 0 Å². The van der Waals surface area contributed by atoms with Crippen LogP contribution in [0.1, 0.15) is 27.7 Å². The molecule has 82 valence electrons. The maximum absolute atomic E-state index is 11.3.